The highest BCUT2D eigenvalue weighted by Gasteiger charge is 2.33. The lowest BCUT2D eigenvalue weighted by molar-refractivity contribution is 0.102. The second-order valence-electron chi connectivity index (χ2n) is 4.23. The average Bonchev–Trinajstić information content (AvgIpc) is 3.07. The van der Waals surface area contributed by atoms with Gasteiger partial charge in [-0.2, -0.15) is 0 Å². The first-order valence-corrected chi connectivity index (χ1v) is 6.67. The summed E-state index contributed by atoms with van der Waals surface area (Å²) >= 11 is 1.53. The number of amides is 1. The summed E-state index contributed by atoms with van der Waals surface area (Å²) in [6, 6.07) is 3.57. The Labute approximate surface area is 113 Å². The molecule has 0 aliphatic carbocycles. The molecule has 0 saturated carbocycles. The predicted molar refractivity (Wildman–Crippen MR) is 68.7 cm³/mol. The molecule has 0 radical (unpaired) electrons. The Morgan fingerprint density at radius 3 is 3.21 bits per heavy atom. The van der Waals surface area contributed by atoms with Gasteiger partial charge in [0.2, 0.25) is 0 Å². The maximum absolute atomic E-state index is 11.8. The van der Waals surface area contributed by atoms with Crippen molar-refractivity contribution >= 4 is 22.4 Å². The number of cyclic esters (lactones) is 1. The summed E-state index contributed by atoms with van der Waals surface area (Å²) < 4.78 is 15.3. The van der Waals surface area contributed by atoms with Crippen LogP contribution in [0, 0.1) is 6.92 Å². The number of aryl methyl sites for hydroxylation is 1. The lowest BCUT2D eigenvalue weighted by Gasteiger charge is -2.09. The van der Waals surface area contributed by atoms with Crippen molar-refractivity contribution in [3.63, 3.8) is 0 Å². The molecule has 1 fully saturated rings. The molecule has 0 spiro atoms. The summed E-state index contributed by atoms with van der Waals surface area (Å²) in [4.78, 5) is 13.4. The normalized spacial score (nSPS) is 18.7. The number of carbonyl (C=O) groups excluding carboxylic acids is 1. The lowest BCUT2D eigenvalue weighted by atomic mass is 10.3. The van der Waals surface area contributed by atoms with Gasteiger partial charge in [-0.25, -0.2) is 4.79 Å². The molecule has 2 aromatic rings. The molecule has 1 atom stereocenters. The Hall–Kier alpha value is -2.02. The lowest BCUT2D eigenvalue weighted by Crippen LogP contribution is -2.25. The molecule has 0 bridgehead atoms. The van der Waals surface area contributed by atoms with Crippen molar-refractivity contribution < 1.29 is 18.8 Å². The van der Waals surface area contributed by atoms with E-state index >= 15 is 0 Å². The first-order valence-electron chi connectivity index (χ1n) is 5.79. The largest absolute Gasteiger partial charge is 0.471 e. The highest BCUT2D eigenvalue weighted by atomic mass is 32.1. The van der Waals surface area contributed by atoms with Crippen molar-refractivity contribution in [2.45, 2.75) is 13.0 Å². The summed E-state index contributed by atoms with van der Waals surface area (Å²) in [7, 11) is 0. The number of anilines is 1. The first-order chi connectivity index (χ1) is 9.22. The molecular weight excluding hydrogens is 268 g/mol. The van der Waals surface area contributed by atoms with Gasteiger partial charge in [0.1, 0.15) is 17.9 Å². The van der Waals surface area contributed by atoms with Crippen LogP contribution in [-0.2, 0) is 4.74 Å². The number of hydrogen-bond donors (Lipinski definition) is 0. The first kappa shape index (κ1) is 12.0. The van der Waals surface area contributed by atoms with Gasteiger partial charge in [-0.3, -0.25) is 4.90 Å². The van der Waals surface area contributed by atoms with E-state index in [2.05, 4.69) is 9.68 Å². The molecule has 2 aromatic heterocycles. The SMILES string of the molecule is Cc1csc(N2C[C@H](COc3ccon3)OC2=O)c1. The van der Waals surface area contributed by atoms with E-state index in [4.69, 9.17) is 9.47 Å². The molecule has 100 valence electrons. The number of carbonyl (C=O) groups is 1. The quantitative estimate of drug-likeness (QED) is 0.860. The number of hydrogen-bond acceptors (Lipinski definition) is 6. The minimum Gasteiger partial charge on any atom is -0.471 e. The van der Waals surface area contributed by atoms with Gasteiger partial charge in [-0.1, -0.05) is 0 Å². The Morgan fingerprint density at radius 2 is 2.53 bits per heavy atom. The maximum atomic E-state index is 11.8. The molecule has 1 aliphatic heterocycles. The van der Waals surface area contributed by atoms with Crippen molar-refractivity contribution in [2.24, 2.45) is 0 Å². The summed E-state index contributed by atoms with van der Waals surface area (Å²) in [5.41, 5.74) is 1.13. The summed E-state index contributed by atoms with van der Waals surface area (Å²) in [6.45, 7) is 2.74. The molecule has 0 aromatic carbocycles. The van der Waals surface area contributed by atoms with Crippen LogP contribution in [0.4, 0.5) is 9.80 Å². The van der Waals surface area contributed by atoms with E-state index in [-0.39, 0.29) is 18.8 Å². The molecule has 1 aliphatic rings. The van der Waals surface area contributed by atoms with Crippen LogP contribution in [0.3, 0.4) is 0 Å². The van der Waals surface area contributed by atoms with Crippen molar-refractivity contribution in [1.29, 1.82) is 0 Å². The van der Waals surface area contributed by atoms with Crippen LogP contribution in [0.25, 0.3) is 0 Å². The molecule has 1 saturated heterocycles. The van der Waals surface area contributed by atoms with Gasteiger partial charge in [-0.05, 0) is 29.1 Å². The van der Waals surface area contributed by atoms with E-state index in [1.807, 2.05) is 18.4 Å². The Bertz CT molecular complexity index is 566. The van der Waals surface area contributed by atoms with Crippen molar-refractivity contribution in [3.8, 4) is 5.88 Å². The summed E-state index contributed by atoms with van der Waals surface area (Å²) in [5.74, 6) is 0.390. The smallest absolute Gasteiger partial charge is 0.415 e. The third-order valence-corrected chi connectivity index (χ3v) is 3.76. The number of aromatic nitrogens is 1. The van der Waals surface area contributed by atoms with E-state index in [1.54, 1.807) is 11.0 Å². The zero-order valence-corrected chi connectivity index (χ0v) is 11.1. The fourth-order valence-corrected chi connectivity index (χ4v) is 2.71. The van der Waals surface area contributed by atoms with Crippen molar-refractivity contribution in [3.05, 3.63) is 29.3 Å². The third-order valence-electron chi connectivity index (χ3n) is 2.69. The monoisotopic (exact) mass is 280 g/mol. The Morgan fingerprint density at radius 1 is 1.63 bits per heavy atom. The van der Waals surface area contributed by atoms with Crippen LogP contribution in [0.5, 0.6) is 5.88 Å². The molecular formula is C12H12N2O4S. The molecule has 7 heteroatoms. The van der Waals surface area contributed by atoms with Crippen LogP contribution < -0.4 is 9.64 Å². The summed E-state index contributed by atoms with van der Waals surface area (Å²) in [6.07, 6.45) is 0.790. The molecule has 6 nitrogen and oxygen atoms in total. The van der Waals surface area contributed by atoms with Crippen LogP contribution in [0.1, 0.15) is 5.56 Å². The minimum absolute atomic E-state index is 0.263. The van der Waals surface area contributed by atoms with E-state index in [0.717, 1.165) is 10.6 Å². The van der Waals surface area contributed by atoms with Crippen LogP contribution >= 0.6 is 11.3 Å². The Balaban J connectivity index is 1.60. The van der Waals surface area contributed by atoms with Gasteiger partial charge >= 0.3 is 6.09 Å². The van der Waals surface area contributed by atoms with Gasteiger partial charge < -0.3 is 14.0 Å². The predicted octanol–water partition coefficient (Wildman–Crippen LogP) is 2.45. The molecule has 19 heavy (non-hydrogen) atoms. The van der Waals surface area contributed by atoms with E-state index < -0.39 is 0 Å². The van der Waals surface area contributed by atoms with Gasteiger partial charge in [-0.15, -0.1) is 11.3 Å². The zero-order valence-electron chi connectivity index (χ0n) is 10.2. The zero-order chi connectivity index (χ0) is 13.2. The molecule has 0 unspecified atom stereocenters. The topological polar surface area (TPSA) is 64.8 Å². The van der Waals surface area contributed by atoms with Crippen molar-refractivity contribution in [2.75, 3.05) is 18.1 Å². The second kappa shape index (κ2) is 4.93. The van der Waals surface area contributed by atoms with Crippen LogP contribution in [0.15, 0.2) is 28.3 Å². The van der Waals surface area contributed by atoms with Gasteiger partial charge in [0.25, 0.3) is 5.88 Å². The van der Waals surface area contributed by atoms with E-state index in [1.165, 1.54) is 17.6 Å². The van der Waals surface area contributed by atoms with Gasteiger partial charge in [0.15, 0.2) is 6.10 Å². The van der Waals surface area contributed by atoms with Crippen molar-refractivity contribution in [1.82, 2.24) is 5.16 Å². The molecule has 0 N–H and O–H groups in total. The molecule has 3 heterocycles. The number of nitrogens with zero attached hydrogens (tertiary/aromatic N) is 2. The Kier molecular flexibility index (Phi) is 3.12. The van der Waals surface area contributed by atoms with Gasteiger partial charge in [0.05, 0.1) is 6.54 Å². The third kappa shape index (κ3) is 2.55. The van der Waals surface area contributed by atoms with Crippen LogP contribution in [0.2, 0.25) is 0 Å². The highest BCUT2D eigenvalue weighted by Crippen LogP contribution is 2.28. The maximum Gasteiger partial charge on any atom is 0.415 e. The number of ether oxygens (including phenoxy) is 2. The highest BCUT2D eigenvalue weighted by molar-refractivity contribution is 7.14. The minimum atomic E-state index is -0.337. The van der Waals surface area contributed by atoms with E-state index in [0.29, 0.717) is 12.4 Å². The van der Waals surface area contributed by atoms with E-state index in [9.17, 15) is 4.79 Å². The second-order valence-corrected chi connectivity index (χ2v) is 5.12. The average molecular weight is 280 g/mol. The fourth-order valence-electron chi connectivity index (χ4n) is 1.80. The fraction of sp³-hybridized carbons (Fsp3) is 0.333. The van der Waals surface area contributed by atoms with Gasteiger partial charge in [0, 0.05) is 6.07 Å². The summed E-state index contributed by atoms with van der Waals surface area (Å²) in [5, 5.41) is 6.52. The number of thiophene rings is 1. The molecule has 1 amide bonds. The van der Waals surface area contributed by atoms with Crippen LogP contribution in [-0.4, -0.2) is 30.5 Å². The molecule has 3 rings (SSSR count). The standard InChI is InChI=1S/C12H12N2O4S/c1-8-4-11(19-7-8)14-5-9(18-12(14)15)6-16-10-2-3-17-13-10/h2-4,7,9H,5-6H2,1H3/t9-/m1/s1. The number of rotatable bonds is 4.